The lowest BCUT2D eigenvalue weighted by Crippen LogP contribution is -2.13. The quantitative estimate of drug-likeness (QED) is 0.326. The maximum absolute atomic E-state index is 5.07. The Morgan fingerprint density at radius 3 is 2.62 bits per heavy atom. The third-order valence-corrected chi connectivity index (χ3v) is 7.38. The van der Waals surface area contributed by atoms with E-state index in [2.05, 4.69) is 63.8 Å². The van der Waals surface area contributed by atoms with Crippen molar-refractivity contribution in [3.8, 4) is 11.4 Å². The second kappa shape index (κ2) is 8.36. The smallest absolute Gasteiger partial charge is 0.166 e. The highest BCUT2D eigenvalue weighted by molar-refractivity contribution is 7.17. The topological polar surface area (TPSA) is 55.6 Å². The van der Waals surface area contributed by atoms with Gasteiger partial charge < -0.3 is 9.88 Å². The van der Waals surface area contributed by atoms with Gasteiger partial charge in [-0.1, -0.05) is 67.8 Å². The van der Waals surface area contributed by atoms with Gasteiger partial charge in [-0.15, -0.1) is 11.3 Å². The number of aromatic nitrogens is 4. The van der Waals surface area contributed by atoms with Crippen molar-refractivity contribution >= 4 is 38.4 Å². The van der Waals surface area contributed by atoms with Crippen molar-refractivity contribution in [2.24, 2.45) is 0 Å². The van der Waals surface area contributed by atoms with Crippen molar-refractivity contribution in [1.29, 1.82) is 0 Å². The van der Waals surface area contributed by atoms with Crippen LogP contribution in [0.2, 0.25) is 0 Å². The molecule has 32 heavy (non-hydrogen) atoms. The summed E-state index contributed by atoms with van der Waals surface area (Å²) < 4.78 is 3.55. The number of hydrogen-bond donors (Lipinski definition) is 1. The molecule has 3 heterocycles. The Morgan fingerprint density at radius 2 is 1.75 bits per heavy atom. The van der Waals surface area contributed by atoms with Crippen molar-refractivity contribution in [1.82, 2.24) is 19.5 Å². The van der Waals surface area contributed by atoms with Crippen LogP contribution in [-0.4, -0.2) is 19.5 Å². The number of nitrogens with zero attached hydrogens (tertiary/aromatic N) is 4. The molecule has 160 valence electrons. The molecule has 1 aliphatic rings. The highest BCUT2D eigenvalue weighted by Gasteiger charge is 2.22. The lowest BCUT2D eigenvalue weighted by atomic mass is 9.95. The molecule has 1 aliphatic carbocycles. The van der Waals surface area contributed by atoms with Crippen LogP contribution >= 0.6 is 11.3 Å². The first kappa shape index (κ1) is 19.4. The van der Waals surface area contributed by atoms with Crippen molar-refractivity contribution < 1.29 is 0 Å². The van der Waals surface area contributed by atoms with Crippen molar-refractivity contribution in [3.05, 3.63) is 71.9 Å². The third-order valence-electron chi connectivity index (χ3n) is 6.41. The van der Waals surface area contributed by atoms with Crippen molar-refractivity contribution in [2.75, 3.05) is 5.32 Å². The van der Waals surface area contributed by atoms with Gasteiger partial charge in [0, 0.05) is 33.6 Å². The Kier molecular flexibility index (Phi) is 5.07. The van der Waals surface area contributed by atoms with Crippen LogP contribution in [0.5, 0.6) is 0 Å². The predicted octanol–water partition coefficient (Wildman–Crippen LogP) is 6.83. The third kappa shape index (κ3) is 3.54. The molecule has 0 aliphatic heterocycles. The minimum atomic E-state index is 0.470. The van der Waals surface area contributed by atoms with Gasteiger partial charge in [0.2, 0.25) is 0 Å². The Balaban J connectivity index is 1.48. The van der Waals surface area contributed by atoms with E-state index >= 15 is 0 Å². The van der Waals surface area contributed by atoms with Crippen LogP contribution in [0.3, 0.4) is 0 Å². The number of anilines is 1. The van der Waals surface area contributed by atoms with Crippen LogP contribution in [0.25, 0.3) is 32.6 Å². The summed E-state index contributed by atoms with van der Waals surface area (Å²) in [6.07, 6.45) is 8.23. The average Bonchev–Trinajstić information content (AvgIpc) is 3.48. The molecule has 5 aromatic rings. The minimum absolute atomic E-state index is 0.470. The molecule has 1 fully saturated rings. The fourth-order valence-corrected chi connectivity index (χ4v) is 5.66. The van der Waals surface area contributed by atoms with Crippen LogP contribution in [0.15, 0.2) is 66.3 Å². The Hall–Kier alpha value is -3.25. The average molecular weight is 440 g/mol. The number of fused-ring (bicyclic) bond motifs is 2. The SMILES string of the molecule is c1ccc(CNc2nc(-c3csc4ccccc34)nc3c2ncn3C2CCCCC2)cc1. The second-order valence-corrected chi connectivity index (χ2v) is 9.41. The van der Waals surface area contributed by atoms with Crippen molar-refractivity contribution in [3.63, 3.8) is 0 Å². The molecular formula is C26H25N5S. The molecule has 5 nitrogen and oxygen atoms in total. The molecule has 1 saturated carbocycles. The Labute approximate surface area is 191 Å². The molecule has 3 aromatic heterocycles. The summed E-state index contributed by atoms with van der Waals surface area (Å²) in [5, 5.41) is 6.93. The van der Waals surface area contributed by atoms with E-state index in [4.69, 9.17) is 15.0 Å². The van der Waals surface area contributed by atoms with E-state index in [1.807, 2.05) is 12.4 Å². The first-order valence-corrected chi connectivity index (χ1v) is 12.2. The Bertz CT molecular complexity index is 1370. The molecule has 6 rings (SSSR count). The summed E-state index contributed by atoms with van der Waals surface area (Å²) in [5.41, 5.74) is 4.10. The highest BCUT2D eigenvalue weighted by Crippen LogP contribution is 2.36. The van der Waals surface area contributed by atoms with Gasteiger partial charge >= 0.3 is 0 Å². The number of rotatable bonds is 5. The van der Waals surface area contributed by atoms with Gasteiger partial charge in [0.15, 0.2) is 17.3 Å². The molecule has 6 heteroatoms. The maximum atomic E-state index is 5.07. The molecule has 0 bridgehead atoms. The van der Waals surface area contributed by atoms with Gasteiger partial charge in [0.25, 0.3) is 0 Å². The molecule has 2 aromatic carbocycles. The van der Waals surface area contributed by atoms with Gasteiger partial charge in [-0.3, -0.25) is 0 Å². The molecule has 0 spiro atoms. The standard InChI is InChI=1S/C26H25N5S/c1-3-9-18(10-4-1)15-27-25-23-26(31(17-28-23)19-11-5-2-6-12-19)30-24(29-25)21-16-32-22-14-8-7-13-20(21)22/h1,3-4,7-10,13-14,16-17,19H,2,5-6,11-12,15H2,(H,27,29,30). The molecule has 0 unspecified atom stereocenters. The molecule has 1 N–H and O–H groups in total. The lowest BCUT2D eigenvalue weighted by Gasteiger charge is -2.23. The summed E-state index contributed by atoms with van der Waals surface area (Å²) in [4.78, 5) is 14.8. The normalized spacial score (nSPS) is 14.9. The van der Waals surface area contributed by atoms with Gasteiger partial charge in [-0.2, -0.15) is 0 Å². The summed E-state index contributed by atoms with van der Waals surface area (Å²) in [6, 6.07) is 19.4. The van der Waals surface area contributed by atoms with Crippen molar-refractivity contribution in [2.45, 2.75) is 44.7 Å². The zero-order valence-corrected chi connectivity index (χ0v) is 18.7. The van der Waals surface area contributed by atoms with Crippen LogP contribution in [-0.2, 0) is 6.54 Å². The van der Waals surface area contributed by atoms with Gasteiger partial charge in [0.05, 0.1) is 6.33 Å². The summed E-state index contributed by atoms with van der Waals surface area (Å²) >= 11 is 1.74. The number of nitrogens with one attached hydrogen (secondary N) is 1. The molecular weight excluding hydrogens is 414 g/mol. The van der Waals surface area contributed by atoms with Gasteiger partial charge in [-0.25, -0.2) is 15.0 Å². The van der Waals surface area contributed by atoms with E-state index in [1.165, 1.54) is 47.8 Å². The molecule has 0 saturated heterocycles. The molecule has 0 amide bonds. The number of hydrogen-bond acceptors (Lipinski definition) is 5. The first-order valence-electron chi connectivity index (χ1n) is 11.4. The number of thiophene rings is 1. The fraction of sp³-hybridized carbons (Fsp3) is 0.269. The summed E-state index contributed by atoms with van der Waals surface area (Å²) in [5.74, 6) is 1.57. The molecule has 0 atom stereocenters. The second-order valence-electron chi connectivity index (χ2n) is 8.50. The van der Waals surface area contributed by atoms with Crippen LogP contribution in [0, 0.1) is 0 Å². The number of benzene rings is 2. The molecule has 0 radical (unpaired) electrons. The van der Waals surface area contributed by atoms with E-state index in [-0.39, 0.29) is 0 Å². The minimum Gasteiger partial charge on any atom is -0.364 e. The van der Waals surface area contributed by atoms with E-state index < -0.39 is 0 Å². The fourth-order valence-electron chi connectivity index (χ4n) is 4.72. The van der Waals surface area contributed by atoms with Gasteiger partial charge in [0.1, 0.15) is 5.52 Å². The largest absolute Gasteiger partial charge is 0.364 e. The Morgan fingerprint density at radius 1 is 0.938 bits per heavy atom. The predicted molar refractivity (Wildman–Crippen MR) is 132 cm³/mol. The number of imidazole rings is 1. The van der Waals surface area contributed by atoms with Crippen LogP contribution in [0.1, 0.15) is 43.7 Å². The summed E-state index contributed by atoms with van der Waals surface area (Å²) in [7, 11) is 0. The van der Waals surface area contributed by atoms with E-state index in [0.717, 1.165) is 28.4 Å². The zero-order chi connectivity index (χ0) is 21.3. The van der Waals surface area contributed by atoms with E-state index in [1.54, 1.807) is 11.3 Å². The van der Waals surface area contributed by atoms with E-state index in [0.29, 0.717) is 12.6 Å². The zero-order valence-electron chi connectivity index (χ0n) is 17.9. The monoisotopic (exact) mass is 439 g/mol. The first-order chi connectivity index (χ1) is 15.9. The lowest BCUT2D eigenvalue weighted by molar-refractivity contribution is 0.358. The van der Waals surface area contributed by atoms with Crippen LogP contribution in [0.4, 0.5) is 5.82 Å². The van der Waals surface area contributed by atoms with Crippen LogP contribution < -0.4 is 5.32 Å². The van der Waals surface area contributed by atoms with E-state index in [9.17, 15) is 0 Å². The van der Waals surface area contributed by atoms with Gasteiger partial charge in [-0.05, 0) is 24.5 Å². The summed E-state index contributed by atoms with van der Waals surface area (Å²) in [6.45, 7) is 0.701. The highest BCUT2D eigenvalue weighted by atomic mass is 32.1. The maximum Gasteiger partial charge on any atom is 0.166 e.